The van der Waals surface area contributed by atoms with E-state index in [4.69, 9.17) is 20.7 Å². The van der Waals surface area contributed by atoms with Crippen molar-refractivity contribution in [2.24, 2.45) is 10.2 Å². The molecule has 0 heterocycles. The van der Waals surface area contributed by atoms with Crippen LogP contribution in [0.1, 0.15) is 39.5 Å². The van der Waals surface area contributed by atoms with Gasteiger partial charge in [-0.15, -0.1) is 0 Å². The Kier molecular flexibility index (Phi) is 8.73. The first-order valence-electron chi connectivity index (χ1n) is 6.05. The maximum Gasteiger partial charge on any atom is 0.140 e. The zero-order valence-corrected chi connectivity index (χ0v) is 10.8. The Balaban J connectivity index is 3.85. The summed E-state index contributed by atoms with van der Waals surface area (Å²) in [5.41, 5.74) is 0. The van der Waals surface area contributed by atoms with Crippen molar-refractivity contribution in [2.45, 2.75) is 63.8 Å². The van der Waals surface area contributed by atoms with Crippen LogP contribution in [0.2, 0.25) is 0 Å². The van der Waals surface area contributed by atoms with Gasteiger partial charge >= 0.3 is 0 Å². The van der Waals surface area contributed by atoms with Gasteiger partial charge in [0.25, 0.3) is 0 Å². The highest BCUT2D eigenvalue weighted by atomic mass is 16.3. The van der Waals surface area contributed by atoms with Crippen LogP contribution in [0.4, 0.5) is 0 Å². The van der Waals surface area contributed by atoms with E-state index in [2.05, 4.69) is 10.2 Å². The summed E-state index contributed by atoms with van der Waals surface area (Å²) in [6.45, 7) is 3.73. The molecular weight excluding hydrogens is 232 g/mol. The minimum Gasteiger partial charge on any atom is -0.378 e. The molecule has 0 radical (unpaired) electrons. The minimum absolute atomic E-state index is 0.0451. The van der Waals surface area contributed by atoms with Crippen LogP contribution in [0.15, 0.2) is 10.2 Å². The lowest BCUT2D eigenvalue weighted by Crippen LogP contribution is -2.09. The highest BCUT2D eigenvalue weighted by Gasteiger charge is 2.08. The van der Waals surface area contributed by atoms with E-state index in [0.29, 0.717) is 25.7 Å². The number of rotatable bonds is 8. The van der Waals surface area contributed by atoms with Crippen molar-refractivity contribution < 1.29 is 10.2 Å². The lowest BCUT2D eigenvalue weighted by molar-refractivity contribution is 0.211. The van der Waals surface area contributed by atoms with Gasteiger partial charge in [0.1, 0.15) is 12.2 Å². The van der Waals surface area contributed by atoms with Gasteiger partial charge in [0.15, 0.2) is 0 Å². The molecule has 0 aliphatic carbocycles. The molecule has 0 amide bonds. The summed E-state index contributed by atoms with van der Waals surface area (Å²) in [5, 5.41) is 43.1. The average Bonchev–Trinajstić information content (AvgIpc) is 2.39. The molecule has 100 valence electrons. The van der Waals surface area contributed by atoms with Crippen molar-refractivity contribution in [1.29, 1.82) is 10.5 Å². The quantitative estimate of drug-likeness (QED) is 0.504. The number of hydrogen-bond donors (Lipinski definition) is 2. The van der Waals surface area contributed by atoms with E-state index >= 15 is 0 Å². The zero-order chi connectivity index (χ0) is 14.0. The molecule has 4 atom stereocenters. The molecule has 0 rings (SSSR count). The normalized spacial score (nSPS) is 17.7. The number of aliphatic hydroxyl groups is 2. The lowest BCUT2D eigenvalue weighted by Gasteiger charge is -2.08. The van der Waals surface area contributed by atoms with Crippen molar-refractivity contribution in [1.82, 2.24) is 0 Å². The van der Waals surface area contributed by atoms with Gasteiger partial charge in [-0.1, -0.05) is 0 Å². The number of nitriles is 2. The third kappa shape index (κ3) is 8.63. The van der Waals surface area contributed by atoms with Crippen molar-refractivity contribution in [3.05, 3.63) is 0 Å². The summed E-state index contributed by atoms with van der Waals surface area (Å²) in [6.07, 6.45) is 0.102. The van der Waals surface area contributed by atoms with Crippen molar-refractivity contribution in [2.75, 3.05) is 0 Å². The largest absolute Gasteiger partial charge is 0.378 e. The van der Waals surface area contributed by atoms with E-state index in [-0.39, 0.29) is 12.1 Å². The fourth-order valence-electron chi connectivity index (χ4n) is 1.27. The monoisotopic (exact) mass is 252 g/mol. The number of hydrogen-bond acceptors (Lipinski definition) is 6. The Labute approximate surface area is 108 Å². The molecule has 2 N–H and O–H groups in total. The summed E-state index contributed by atoms with van der Waals surface area (Å²) in [5.74, 6) is 0. The van der Waals surface area contributed by atoms with E-state index < -0.39 is 12.2 Å². The van der Waals surface area contributed by atoms with Gasteiger partial charge in [-0.2, -0.15) is 20.8 Å². The Bertz CT molecular complexity index is 300. The van der Waals surface area contributed by atoms with Gasteiger partial charge in [0, 0.05) is 0 Å². The first kappa shape index (κ1) is 16.5. The standard InChI is InChI=1S/C12H20N4O2/c1-9(3-5-11(17)7-13)15-16-10(2)4-6-12(18)8-14/h9-12,17-18H,3-6H2,1-2H3. The summed E-state index contributed by atoms with van der Waals surface area (Å²) in [7, 11) is 0. The molecule has 0 saturated carbocycles. The molecule has 0 bridgehead atoms. The Morgan fingerprint density at radius 2 is 1.17 bits per heavy atom. The number of aliphatic hydroxyl groups excluding tert-OH is 2. The smallest absolute Gasteiger partial charge is 0.140 e. The minimum atomic E-state index is -0.939. The van der Waals surface area contributed by atoms with Crippen molar-refractivity contribution in [3.63, 3.8) is 0 Å². The summed E-state index contributed by atoms with van der Waals surface area (Å²) < 4.78 is 0. The molecule has 0 fully saturated rings. The third-order valence-corrected chi connectivity index (χ3v) is 2.47. The van der Waals surface area contributed by atoms with Crippen molar-refractivity contribution in [3.8, 4) is 12.1 Å². The molecular formula is C12H20N4O2. The van der Waals surface area contributed by atoms with Crippen LogP contribution >= 0.6 is 0 Å². The number of azo groups is 1. The lowest BCUT2D eigenvalue weighted by atomic mass is 10.1. The second kappa shape index (κ2) is 9.52. The van der Waals surface area contributed by atoms with Crippen molar-refractivity contribution >= 4 is 0 Å². The van der Waals surface area contributed by atoms with E-state index in [9.17, 15) is 0 Å². The second-order valence-electron chi connectivity index (χ2n) is 4.37. The molecule has 0 spiro atoms. The van der Waals surface area contributed by atoms with Gasteiger partial charge in [-0.3, -0.25) is 0 Å². The molecule has 0 aliphatic heterocycles. The Hall–Kier alpha value is -1.50. The van der Waals surface area contributed by atoms with Crippen LogP contribution in [-0.2, 0) is 0 Å². The predicted molar refractivity (Wildman–Crippen MR) is 65.5 cm³/mol. The Morgan fingerprint density at radius 3 is 1.44 bits per heavy atom. The predicted octanol–water partition coefficient (Wildman–Crippen LogP) is 1.54. The summed E-state index contributed by atoms with van der Waals surface area (Å²) in [6, 6.07) is 3.41. The van der Waals surface area contributed by atoms with Crippen LogP contribution in [0.25, 0.3) is 0 Å². The fraction of sp³-hybridized carbons (Fsp3) is 0.833. The van der Waals surface area contributed by atoms with E-state index in [0.717, 1.165) is 0 Å². The van der Waals surface area contributed by atoms with E-state index in [1.165, 1.54) is 0 Å². The molecule has 0 saturated heterocycles. The topological polar surface area (TPSA) is 113 Å². The van der Waals surface area contributed by atoms with Gasteiger partial charge in [0.05, 0.1) is 24.2 Å². The zero-order valence-electron chi connectivity index (χ0n) is 10.8. The van der Waals surface area contributed by atoms with Crippen LogP contribution in [-0.4, -0.2) is 34.5 Å². The summed E-state index contributed by atoms with van der Waals surface area (Å²) in [4.78, 5) is 0. The van der Waals surface area contributed by atoms with Gasteiger partial charge in [-0.25, -0.2) is 0 Å². The second-order valence-corrected chi connectivity index (χ2v) is 4.37. The highest BCUT2D eigenvalue weighted by Crippen LogP contribution is 2.09. The molecule has 6 heteroatoms. The van der Waals surface area contributed by atoms with Gasteiger partial charge in [-0.05, 0) is 39.5 Å². The maximum atomic E-state index is 9.06. The number of nitrogens with zero attached hydrogens (tertiary/aromatic N) is 4. The van der Waals surface area contributed by atoms with Gasteiger partial charge < -0.3 is 10.2 Å². The molecule has 4 unspecified atom stereocenters. The molecule has 0 aromatic heterocycles. The molecule has 18 heavy (non-hydrogen) atoms. The van der Waals surface area contributed by atoms with Gasteiger partial charge in [0.2, 0.25) is 0 Å². The van der Waals surface area contributed by atoms with Crippen LogP contribution < -0.4 is 0 Å². The molecule has 0 aromatic rings. The first-order valence-corrected chi connectivity index (χ1v) is 6.05. The third-order valence-electron chi connectivity index (χ3n) is 2.47. The summed E-state index contributed by atoms with van der Waals surface area (Å²) >= 11 is 0. The first-order chi connectivity index (χ1) is 8.49. The highest BCUT2D eigenvalue weighted by molar-refractivity contribution is 4.83. The van der Waals surface area contributed by atoms with Crippen LogP contribution in [0.3, 0.4) is 0 Å². The van der Waals surface area contributed by atoms with Crippen LogP contribution in [0, 0.1) is 22.7 Å². The molecule has 6 nitrogen and oxygen atoms in total. The van der Waals surface area contributed by atoms with E-state index in [1.807, 2.05) is 13.8 Å². The Morgan fingerprint density at radius 1 is 0.833 bits per heavy atom. The van der Waals surface area contributed by atoms with E-state index in [1.54, 1.807) is 12.1 Å². The fourth-order valence-corrected chi connectivity index (χ4v) is 1.27. The average molecular weight is 252 g/mol. The molecule has 0 aromatic carbocycles. The maximum absolute atomic E-state index is 9.06. The SMILES string of the molecule is CC(CCC(O)C#N)N=NC(C)CCC(O)C#N. The molecule has 0 aliphatic rings. The van der Waals surface area contributed by atoms with Crippen LogP contribution in [0.5, 0.6) is 0 Å².